The van der Waals surface area contributed by atoms with Gasteiger partial charge in [-0.1, -0.05) is 24.3 Å². The number of para-hydroxylation sites is 1. The molecule has 4 nitrogen and oxygen atoms in total. The van der Waals surface area contributed by atoms with Gasteiger partial charge in [0, 0.05) is 16.0 Å². The van der Waals surface area contributed by atoms with E-state index in [1.165, 1.54) is 28.3 Å². The van der Waals surface area contributed by atoms with Gasteiger partial charge in [-0.2, -0.15) is 0 Å². The van der Waals surface area contributed by atoms with E-state index in [0.29, 0.717) is 5.69 Å². The Morgan fingerprint density at radius 1 is 1.12 bits per heavy atom. The Labute approximate surface area is 158 Å². The van der Waals surface area contributed by atoms with Crippen molar-refractivity contribution in [1.29, 1.82) is 0 Å². The van der Waals surface area contributed by atoms with Gasteiger partial charge < -0.3 is 4.90 Å². The van der Waals surface area contributed by atoms with E-state index in [-0.39, 0.29) is 17.4 Å². The highest BCUT2D eigenvalue weighted by molar-refractivity contribution is 8.00. The molecule has 0 aliphatic carbocycles. The number of carbonyl (C=O) groups is 1. The summed E-state index contributed by atoms with van der Waals surface area (Å²) in [5, 5.41) is 1.21. The monoisotopic (exact) mass is 387 g/mol. The quantitative estimate of drug-likeness (QED) is 0.734. The fourth-order valence-electron chi connectivity index (χ4n) is 2.85. The standard InChI is InChI=1S/C20H21NO3S2/c1-15-8-9-19(12-16(15)2)25-13-20(22)21(17-6-4-3-5-7-17)18-10-11-26(23,24)14-18/h3-12,18H,13-14H2,1-2H3/t18-/m1/s1. The van der Waals surface area contributed by atoms with E-state index in [0.717, 1.165) is 4.90 Å². The topological polar surface area (TPSA) is 54.5 Å². The third-order valence-electron chi connectivity index (χ3n) is 4.39. The number of amides is 1. The molecule has 0 unspecified atom stereocenters. The van der Waals surface area contributed by atoms with Crippen LogP contribution in [-0.2, 0) is 14.6 Å². The first kappa shape index (κ1) is 18.7. The lowest BCUT2D eigenvalue weighted by Gasteiger charge is -2.27. The van der Waals surface area contributed by atoms with Crippen LogP contribution < -0.4 is 4.90 Å². The molecule has 0 saturated heterocycles. The van der Waals surface area contributed by atoms with Gasteiger partial charge in [-0.25, -0.2) is 8.42 Å². The Hall–Kier alpha value is -2.05. The van der Waals surface area contributed by atoms with Crippen molar-refractivity contribution >= 4 is 33.2 Å². The zero-order chi connectivity index (χ0) is 18.7. The van der Waals surface area contributed by atoms with Gasteiger partial charge in [-0.3, -0.25) is 4.79 Å². The number of anilines is 1. The predicted octanol–water partition coefficient (Wildman–Crippen LogP) is 3.74. The van der Waals surface area contributed by atoms with E-state index in [1.807, 2.05) is 49.4 Å². The number of thioether (sulfide) groups is 1. The van der Waals surface area contributed by atoms with Crippen LogP contribution in [0.2, 0.25) is 0 Å². The van der Waals surface area contributed by atoms with Crippen molar-refractivity contribution in [2.24, 2.45) is 0 Å². The van der Waals surface area contributed by atoms with Crippen molar-refractivity contribution in [3.05, 3.63) is 71.1 Å². The Bertz CT molecular complexity index is 937. The highest BCUT2D eigenvalue weighted by atomic mass is 32.2. The maximum atomic E-state index is 12.9. The van der Waals surface area contributed by atoms with Gasteiger partial charge >= 0.3 is 0 Å². The van der Waals surface area contributed by atoms with Crippen molar-refractivity contribution in [3.8, 4) is 0 Å². The minimum atomic E-state index is -3.24. The fourth-order valence-corrected chi connectivity index (χ4v) is 4.97. The Morgan fingerprint density at radius 2 is 1.85 bits per heavy atom. The van der Waals surface area contributed by atoms with E-state index in [2.05, 4.69) is 13.0 Å². The number of sulfone groups is 1. The molecule has 2 aromatic carbocycles. The number of hydrogen-bond donors (Lipinski definition) is 0. The van der Waals surface area contributed by atoms with Gasteiger partial charge in [0.25, 0.3) is 0 Å². The van der Waals surface area contributed by atoms with Crippen LogP contribution in [0, 0.1) is 13.8 Å². The summed E-state index contributed by atoms with van der Waals surface area (Å²) in [7, 11) is -3.24. The molecule has 0 bridgehead atoms. The van der Waals surface area contributed by atoms with E-state index >= 15 is 0 Å². The lowest BCUT2D eigenvalue weighted by Crippen LogP contribution is -2.42. The molecule has 136 valence electrons. The third kappa shape index (κ3) is 4.37. The number of rotatable bonds is 5. The first-order chi connectivity index (χ1) is 12.4. The molecule has 0 radical (unpaired) electrons. The molecular weight excluding hydrogens is 366 g/mol. The Kier molecular flexibility index (Phi) is 5.53. The maximum absolute atomic E-state index is 12.9. The first-order valence-electron chi connectivity index (χ1n) is 8.34. The Balaban J connectivity index is 1.79. The molecule has 0 N–H and O–H groups in total. The summed E-state index contributed by atoms with van der Waals surface area (Å²) in [5.41, 5.74) is 3.12. The molecule has 2 aromatic rings. The summed E-state index contributed by atoms with van der Waals surface area (Å²) in [4.78, 5) is 15.6. The molecule has 1 aliphatic rings. The number of hydrogen-bond acceptors (Lipinski definition) is 4. The molecule has 1 heterocycles. The smallest absolute Gasteiger partial charge is 0.237 e. The fraction of sp³-hybridized carbons (Fsp3) is 0.250. The largest absolute Gasteiger partial charge is 0.304 e. The molecule has 0 aromatic heterocycles. The van der Waals surface area contributed by atoms with Gasteiger partial charge in [0.05, 0.1) is 17.5 Å². The average Bonchev–Trinajstić information content (AvgIpc) is 2.96. The van der Waals surface area contributed by atoms with Crippen molar-refractivity contribution in [2.45, 2.75) is 24.8 Å². The van der Waals surface area contributed by atoms with Crippen LogP contribution in [-0.4, -0.2) is 31.9 Å². The molecule has 6 heteroatoms. The second-order valence-electron chi connectivity index (χ2n) is 6.36. The SMILES string of the molecule is Cc1ccc(SCC(=O)N(c2ccccc2)[C@@H]2C=CS(=O)(=O)C2)cc1C. The summed E-state index contributed by atoms with van der Waals surface area (Å²) in [5.74, 6) is 0.0789. The summed E-state index contributed by atoms with van der Waals surface area (Å²) in [6.07, 6.45) is 1.60. The molecule has 1 aliphatic heterocycles. The normalized spacial score (nSPS) is 18.0. The zero-order valence-electron chi connectivity index (χ0n) is 14.8. The van der Waals surface area contributed by atoms with Crippen molar-refractivity contribution in [3.63, 3.8) is 0 Å². The van der Waals surface area contributed by atoms with E-state index in [9.17, 15) is 13.2 Å². The van der Waals surface area contributed by atoms with Crippen molar-refractivity contribution < 1.29 is 13.2 Å². The van der Waals surface area contributed by atoms with Gasteiger partial charge in [-0.15, -0.1) is 11.8 Å². The summed E-state index contributed by atoms with van der Waals surface area (Å²) in [6.45, 7) is 4.10. The minimum Gasteiger partial charge on any atom is -0.304 e. The molecular formula is C20H21NO3S2. The minimum absolute atomic E-state index is 0.0675. The molecule has 26 heavy (non-hydrogen) atoms. The molecule has 3 rings (SSSR count). The van der Waals surface area contributed by atoms with Crippen LogP contribution in [0.25, 0.3) is 0 Å². The predicted molar refractivity (Wildman–Crippen MR) is 107 cm³/mol. The third-order valence-corrected chi connectivity index (χ3v) is 6.74. The van der Waals surface area contributed by atoms with Gasteiger partial charge in [0.2, 0.25) is 5.91 Å². The lowest BCUT2D eigenvalue weighted by molar-refractivity contribution is -0.116. The Morgan fingerprint density at radius 3 is 2.46 bits per heavy atom. The van der Waals surface area contributed by atoms with Gasteiger partial charge in [-0.05, 0) is 55.3 Å². The van der Waals surface area contributed by atoms with Gasteiger partial charge in [0.1, 0.15) is 0 Å². The van der Waals surface area contributed by atoms with Crippen LogP contribution in [0.15, 0.2) is 64.9 Å². The number of nitrogens with zero attached hydrogens (tertiary/aromatic N) is 1. The van der Waals surface area contributed by atoms with Gasteiger partial charge in [0.15, 0.2) is 9.84 Å². The molecule has 0 fully saturated rings. The van der Waals surface area contributed by atoms with Crippen LogP contribution in [0.4, 0.5) is 5.69 Å². The first-order valence-corrected chi connectivity index (χ1v) is 11.0. The van der Waals surface area contributed by atoms with Crippen molar-refractivity contribution in [2.75, 3.05) is 16.4 Å². The zero-order valence-corrected chi connectivity index (χ0v) is 16.4. The molecule has 0 spiro atoms. The second kappa shape index (κ2) is 7.68. The second-order valence-corrected chi connectivity index (χ2v) is 9.34. The highest BCUT2D eigenvalue weighted by Gasteiger charge is 2.31. The highest BCUT2D eigenvalue weighted by Crippen LogP contribution is 2.26. The number of aryl methyl sites for hydroxylation is 2. The van der Waals surface area contributed by atoms with E-state index < -0.39 is 15.9 Å². The van der Waals surface area contributed by atoms with Crippen LogP contribution in [0.5, 0.6) is 0 Å². The molecule has 1 amide bonds. The summed E-state index contributed by atoms with van der Waals surface area (Å²) < 4.78 is 23.6. The number of benzene rings is 2. The average molecular weight is 388 g/mol. The number of carbonyl (C=O) groups excluding carboxylic acids is 1. The van der Waals surface area contributed by atoms with E-state index in [4.69, 9.17) is 0 Å². The van der Waals surface area contributed by atoms with Crippen molar-refractivity contribution in [1.82, 2.24) is 0 Å². The van der Waals surface area contributed by atoms with Crippen LogP contribution in [0.3, 0.4) is 0 Å². The van der Waals surface area contributed by atoms with Crippen LogP contribution >= 0.6 is 11.8 Å². The lowest BCUT2D eigenvalue weighted by atomic mass is 10.1. The maximum Gasteiger partial charge on any atom is 0.237 e. The summed E-state index contributed by atoms with van der Waals surface area (Å²) in [6, 6.07) is 14.9. The summed E-state index contributed by atoms with van der Waals surface area (Å²) >= 11 is 1.47. The van der Waals surface area contributed by atoms with Crippen LogP contribution in [0.1, 0.15) is 11.1 Å². The molecule has 1 atom stereocenters. The van der Waals surface area contributed by atoms with E-state index in [1.54, 1.807) is 11.0 Å². The molecule has 0 saturated carbocycles.